The molecule has 0 atom stereocenters. The molecule has 4 aliphatic rings. The summed E-state index contributed by atoms with van der Waals surface area (Å²) in [5, 5.41) is 0. The van der Waals surface area contributed by atoms with Gasteiger partial charge in [-0.05, 0) is 41.4 Å². The number of Topliss-reactive ketones (excluding diaryl/α,β-unsaturated/α-hetero) is 2. The molecule has 0 spiro atoms. The molecule has 0 aromatic carbocycles. The molecule has 7 nitrogen and oxygen atoms in total. The van der Waals surface area contributed by atoms with Crippen molar-refractivity contribution in [2.75, 3.05) is 34.4 Å². The van der Waals surface area contributed by atoms with Crippen molar-refractivity contribution in [2.45, 2.75) is 0 Å². The van der Waals surface area contributed by atoms with Crippen LogP contribution in [-0.2, 0) is 9.47 Å². The second kappa shape index (κ2) is 10.5. The molecule has 4 aliphatic carbocycles. The fraction of sp³-hybridized carbons (Fsp3) is 0.172. The van der Waals surface area contributed by atoms with E-state index in [0.717, 1.165) is 0 Å². The maximum absolute atomic E-state index is 13.2. The molecule has 7 heteroatoms. The molecule has 0 fully saturated rings. The first-order chi connectivity index (χ1) is 17.3. The van der Waals surface area contributed by atoms with Gasteiger partial charge in [-0.1, -0.05) is 60.7 Å². The molecular weight excluding hydrogens is 458 g/mol. The number of ether oxygens (including phenoxy) is 2. The van der Waals surface area contributed by atoms with Crippen LogP contribution in [0.4, 0.5) is 0 Å². The number of rotatable bonds is 8. The number of methoxy groups -OCH3 is 2. The van der Waals surface area contributed by atoms with Crippen molar-refractivity contribution in [1.82, 2.24) is 4.90 Å². The summed E-state index contributed by atoms with van der Waals surface area (Å²) in [6.45, 7) is -0.0826. The van der Waals surface area contributed by atoms with E-state index in [4.69, 9.17) is 9.47 Å². The summed E-state index contributed by atoms with van der Waals surface area (Å²) in [5.41, 5.74) is 3.94. The standard InChI is InChI=1S/C29H25NO6/c1-30(16-26(31)22-14-24(28(33)35-2)20-12-8-4-6-10-18(20)22)17-27(32)23-15-25(29(34)36-3)21-13-9-5-7-11-19(21)23/h4-15H,16-17H2,1-3H3. The second-order valence-electron chi connectivity index (χ2n) is 8.42. The van der Waals surface area contributed by atoms with Crippen molar-refractivity contribution < 1.29 is 28.7 Å². The average molecular weight is 484 g/mol. The van der Waals surface area contributed by atoms with Gasteiger partial charge in [0.05, 0.1) is 38.4 Å². The molecule has 0 saturated carbocycles. The lowest BCUT2D eigenvalue weighted by Gasteiger charge is -2.15. The van der Waals surface area contributed by atoms with Gasteiger partial charge in [0.15, 0.2) is 11.6 Å². The maximum atomic E-state index is 13.2. The number of ketones is 2. The number of likely N-dealkylation sites (N-methyl/N-ethyl adjacent to an activating group) is 1. The number of fused-ring (bicyclic) bond motifs is 2. The van der Waals surface area contributed by atoms with Gasteiger partial charge >= 0.3 is 11.9 Å². The van der Waals surface area contributed by atoms with Crippen LogP contribution in [0.3, 0.4) is 0 Å². The Bertz CT molecular complexity index is 1300. The van der Waals surface area contributed by atoms with Crippen LogP contribution in [0.15, 0.2) is 72.8 Å². The minimum Gasteiger partial charge on any atom is -0.465 e. The van der Waals surface area contributed by atoms with E-state index in [0.29, 0.717) is 44.5 Å². The van der Waals surface area contributed by atoms with E-state index >= 15 is 0 Å². The Hall–Kier alpha value is -4.36. The lowest BCUT2D eigenvalue weighted by molar-refractivity contribution is 0.0593. The van der Waals surface area contributed by atoms with Gasteiger partial charge in [0.1, 0.15) is 0 Å². The van der Waals surface area contributed by atoms with E-state index in [1.807, 2.05) is 12.1 Å². The summed E-state index contributed by atoms with van der Waals surface area (Å²) < 4.78 is 9.76. The zero-order valence-electron chi connectivity index (χ0n) is 20.2. The zero-order valence-corrected chi connectivity index (χ0v) is 20.2. The molecule has 0 amide bonds. The van der Waals surface area contributed by atoms with Crippen LogP contribution in [-0.4, -0.2) is 62.8 Å². The van der Waals surface area contributed by atoms with Gasteiger partial charge < -0.3 is 9.47 Å². The third-order valence-corrected chi connectivity index (χ3v) is 6.05. The molecule has 0 aromatic heterocycles. The van der Waals surface area contributed by atoms with Crippen molar-refractivity contribution in [3.05, 3.63) is 95.1 Å². The first kappa shape index (κ1) is 24.8. The van der Waals surface area contributed by atoms with Crippen molar-refractivity contribution in [3.63, 3.8) is 0 Å². The van der Waals surface area contributed by atoms with Crippen LogP contribution in [0.5, 0.6) is 0 Å². The molecule has 0 unspecified atom stereocenters. The minimum absolute atomic E-state index is 0.0413. The van der Waals surface area contributed by atoms with E-state index in [2.05, 4.69) is 0 Å². The second-order valence-corrected chi connectivity index (χ2v) is 8.42. The third-order valence-electron chi connectivity index (χ3n) is 6.05. The van der Waals surface area contributed by atoms with E-state index in [1.54, 1.807) is 72.6 Å². The van der Waals surface area contributed by atoms with Gasteiger partial charge in [0.25, 0.3) is 0 Å². The van der Waals surface area contributed by atoms with E-state index in [1.165, 1.54) is 14.2 Å². The number of esters is 2. The fourth-order valence-electron chi connectivity index (χ4n) is 4.37. The Balaban J connectivity index is 1.57. The zero-order chi connectivity index (χ0) is 25.8. The molecule has 4 rings (SSSR count). The quantitative estimate of drug-likeness (QED) is 0.270. The molecule has 0 N–H and O–H groups in total. The number of carbonyl (C=O) groups excluding carboxylic acids is 4. The number of hydrogen-bond donors (Lipinski definition) is 0. The maximum Gasteiger partial charge on any atom is 0.338 e. The van der Waals surface area contributed by atoms with Gasteiger partial charge in [0.2, 0.25) is 0 Å². The predicted octanol–water partition coefficient (Wildman–Crippen LogP) is 4.47. The van der Waals surface area contributed by atoms with Crippen LogP contribution >= 0.6 is 0 Å². The van der Waals surface area contributed by atoms with E-state index in [9.17, 15) is 19.2 Å². The topological polar surface area (TPSA) is 90.0 Å². The molecule has 182 valence electrons. The van der Waals surface area contributed by atoms with Crippen LogP contribution < -0.4 is 0 Å². The number of hydrogen-bond acceptors (Lipinski definition) is 7. The average Bonchev–Trinajstić information content (AvgIpc) is 3.17. The van der Waals surface area contributed by atoms with Crippen LogP contribution in [0.25, 0.3) is 22.3 Å². The molecule has 0 saturated heterocycles. The summed E-state index contributed by atoms with van der Waals surface area (Å²) in [7, 11) is 4.27. The van der Waals surface area contributed by atoms with Gasteiger partial charge in [-0.3, -0.25) is 14.5 Å². The smallest absolute Gasteiger partial charge is 0.338 e. The van der Waals surface area contributed by atoms with Crippen LogP contribution in [0, 0.1) is 0 Å². The Kier molecular flexibility index (Phi) is 7.22. The monoisotopic (exact) mass is 483 g/mol. The first-order valence-electron chi connectivity index (χ1n) is 11.3. The normalized spacial score (nSPS) is 11.0. The Labute approximate surface area is 208 Å². The Morgan fingerprint density at radius 1 is 0.583 bits per heavy atom. The molecule has 0 radical (unpaired) electrons. The molecular formula is C29H25NO6. The van der Waals surface area contributed by atoms with Gasteiger partial charge in [-0.2, -0.15) is 0 Å². The number of nitrogens with zero attached hydrogens (tertiary/aromatic N) is 1. The highest BCUT2D eigenvalue weighted by atomic mass is 16.5. The van der Waals surface area contributed by atoms with Crippen molar-refractivity contribution in [3.8, 4) is 22.3 Å². The van der Waals surface area contributed by atoms with Gasteiger partial charge in [0, 0.05) is 11.1 Å². The summed E-state index contributed by atoms with van der Waals surface area (Å²) in [6, 6.07) is 21.0. The Morgan fingerprint density at radius 2 is 0.917 bits per heavy atom. The van der Waals surface area contributed by atoms with E-state index in [-0.39, 0.29) is 24.7 Å². The highest BCUT2D eigenvalue weighted by Gasteiger charge is 2.27. The Morgan fingerprint density at radius 3 is 1.25 bits per heavy atom. The highest BCUT2D eigenvalue weighted by Crippen LogP contribution is 2.34. The van der Waals surface area contributed by atoms with E-state index < -0.39 is 11.9 Å². The third kappa shape index (κ3) is 4.74. The summed E-state index contributed by atoms with van der Waals surface area (Å²) >= 11 is 0. The molecule has 0 bridgehead atoms. The SMILES string of the molecule is COC(=O)c1cc(C(=O)CN(C)CC(=O)c2cc(C(=O)OC)c3cccccc2-3)c2cccccc1-2. The molecule has 36 heavy (non-hydrogen) atoms. The highest BCUT2D eigenvalue weighted by molar-refractivity contribution is 6.12. The summed E-state index contributed by atoms with van der Waals surface area (Å²) in [5.74, 6) is -1.51. The molecule has 0 heterocycles. The predicted molar refractivity (Wildman–Crippen MR) is 135 cm³/mol. The van der Waals surface area contributed by atoms with Crippen molar-refractivity contribution >= 4 is 23.5 Å². The van der Waals surface area contributed by atoms with Gasteiger partial charge in [-0.15, -0.1) is 0 Å². The van der Waals surface area contributed by atoms with Crippen molar-refractivity contribution in [1.29, 1.82) is 0 Å². The lowest BCUT2D eigenvalue weighted by Crippen LogP contribution is -2.31. The minimum atomic E-state index is -0.522. The fourth-order valence-corrected chi connectivity index (χ4v) is 4.37. The lowest BCUT2D eigenvalue weighted by atomic mass is 10.0. The number of carbonyl (C=O) groups is 4. The summed E-state index contributed by atoms with van der Waals surface area (Å²) in [6.07, 6.45) is 0. The largest absolute Gasteiger partial charge is 0.465 e. The summed E-state index contributed by atoms with van der Waals surface area (Å²) in [4.78, 5) is 52.6. The van der Waals surface area contributed by atoms with Crippen LogP contribution in [0.1, 0.15) is 41.4 Å². The van der Waals surface area contributed by atoms with Gasteiger partial charge in [-0.25, -0.2) is 9.59 Å². The first-order valence-corrected chi connectivity index (χ1v) is 11.3. The molecule has 0 aromatic rings. The molecule has 0 aliphatic heterocycles. The van der Waals surface area contributed by atoms with Crippen LogP contribution in [0.2, 0.25) is 0 Å². The van der Waals surface area contributed by atoms with Crippen molar-refractivity contribution in [2.24, 2.45) is 0 Å².